The Hall–Kier alpha value is -2.63. The maximum absolute atomic E-state index is 12.4. The summed E-state index contributed by atoms with van der Waals surface area (Å²) in [6, 6.07) is 10.2. The Morgan fingerprint density at radius 1 is 1.22 bits per heavy atom. The number of hydrogen-bond acceptors (Lipinski definition) is 3. The van der Waals surface area contributed by atoms with Gasteiger partial charge in [-0.05, 0) is 38.8 Å². The van der Waals surface area contributed by atoms with Gasteiger partial charge in [-0.25, -0.2) is 0 Å². The molecule has 0 saturated carbocycles. The number of carbonyl (C=O) groups is 2. The van der Waals surface area contributed by atoms with Crippen molar-refractivity contribution in [2.75, 3.05) is 13.1 Å². The fourth-order valence-electron chi connectivity index (χ4n) is 3.50. The van der Waals surface area contributed by atoms with Gasteiger partial charge in [0.25, 0.3) is 0 Å². The van der Waals surface area contributed by atoms with Crippen molar-refractivity contribution < 1.29 is 9.59 Å². The van der Waals surface area contributed by atoms with Gasteiger partial charge >= 0.3 is 0 Å². The Morgan fingerprint density at radius 2 is 1.96 bits per heavy atom. The zero-order valence-electron chi connectivity index (χ0n) is 16.4. The van der Waals surface area contributed by atoms with Gasteiger partial charge in [0, 0.05) is 38.3 Å². The van der Waals surface area contributed by atoms with Crippen molar-refractivity contribution in [3.63, 3.8) is 0 Å². The second-order valence-corrected chi connectivity index (χ2v) is 7.46. The molecule has 1 aliphatic heterocycles. The van der Waals surface area contributed by atoms with Gasteiger partial charge in [0.2, 0.25) is 11.8 Å². The van der Waals surface area contributed by atoms with Gasteiger partial charge in [-0.2, -0.15) is 5.10 Å². The van der Waals surface area contributed by atoms with E-state index >= 15 is 0 Å². The highest BCUT2D eigenvalue weighted by atomic mass is 16.2. The maximum atomic E-state index is 12.4. The highest BCUT2D eigenvalue weighted by Gasteiger charge is 2.33. The van der Waals surface area contributed by atoms with Crippen LogP contribution in [0, 0.1) is 26.7 Å². The predicted molar refractivity (Wildman–Crippen MR) is 104 cm³/mol. The molecule has 0 bridgehead atoms. The minimum absolute atomic E-state index is 0.0249. The van der Waals surface area contributed by atoms with Crippen LogP contribution in [0.15, 0.2) is 30.3 Å². The second-order valence-electron chi connectivity index (χ2n) is 7.46. The van der Waals surface area contributed by atoms with Crippen LogP contribution < -0.4 is 5.32 Å². The molecule has 2 amide bonds. The first-order valence-electron chi connectivity index (χ1n) is 9.54. The lowest BCUT2D eigenvalue weighted by Gasteiger charge is -2.17. The first-order chi connectivity index (χ1) is 12.9. The van der Waals surface area contributed by atoms with Crippen molar-refractivity contribution in [2.45, 2.75) is 46.7 Å². The summed E-state index contributed by atoms with van der Waals surface area (Å²) in [5.74, 6) is -0.224. The van der Waals surface area contributed by atoms with E-state index in [2.05, 4.69) is 10.4 Å². The van der Waals surface area contributed by atoms with Crippen molar-refractivity contribution >= 4 is 11.8 Å². The molecular weight excluding hydrogens is 340 g/mol. The number of aryl methyl sites for hydroxylation is 4. The third-order valence-corrected chi connectivity index (χ3v) is 5.03. The van der Waals surface area contributed by atoms with Gasteiger partial charge in [0.1, 0.15) is 0 Å². The van der Waals surface area contributed by atoms with Gasteiger partial charge < -0.3 is 10.2 Å². The Bertz CT molecular complexity index is 810. The smallest absolute Gasteiger partial charge is 0.225 e. The molecular formula is C21H28N4O2. The lowest BCUT2D eigenvalue weighted by molar-refractivity contribution is -0.129. The average Bonchev–Trinajstić information content (AvgIpc) is 3.15. The number of benzene rings is 1. The molecule has 0 aliphatic carbocycles. The largest absolute Gasteiger partial charge is 0.356 e. The van der Waals surface area contributed by atoms with Crippen molar-refractivity contribution in [1.29, 1.82) is 0 Å². The molecule has 1 unspecified atom stereocenters. The molecule has 1 aliphatic rings. The van der Waals surface area contributed by atoms with Crippen LogP contribution in [0.5, 0.6) is 0 Å². The fraction of sp³-hybridized carbons (Fsp3) is 0.476. The van der Waals surface area contributed by atoms with E-state index in [0.717, 1.165) is 29.9 Å². The summed E-state index contributed by atoms with van der Waals surface area (Å²) < 4.78 is 1.96. The molecule has 1 saturated heterocycles. The minimum atomic E-state index is -0.253. The molecule has 1 fully saturated rings. The van der Waals surface area contributed by atoms with Crippen LogP contribution >= 0.6 is 0 Å². The lowest BCUT2D eigenvalue weighted by Crippen LogP contribution is -2.33. The van der Waals surface area contributed by atoms with Crippen LogP contribution in [0.2, 0.25) is 0 Å². The van der Waals surface area contributed by atoms with Gasteiger partial charge in [0.05, 0.1) is 11.6 Å². The van der Waals surface area contributed by atoms with E-state index in [4.69, 9.17) is 0 Å². The molecule has 2 heterocycles. The molecule has 3 rings (SSSR count). The molecule has 144 valence electrons. The van der Waals surface area contributed by atoms with Crippen LogP contribution in [0.25, 0.3) is 0 Å². The molecule has 1 atom stereocenters. The number of hydrogen-bond donors (Lipinski definition) is 1. The average molecular weight is 368 g/mol. The van der Waals surface area contributed by atoms with E-state index in [9.17, 15) is 9.59 Å². The van der Waals surface area contributed by atoms with Crippen LogP contribution in [-0.2, 0) is 22.7 Å². The van der Waals surface area contributed by atoms with Gasteiger partial charge in [-0.15, -0.1) is 0 Å². The van der Waals surface area contributed by atoms with Gasteiger partial charge in [-0.3, -0.25) is 14.3 Å². The molecule has 2 aromatic rings. The Kier molecular flexibility index (Phi) is 5.94. The van der Waals surface area contributed by atoms with Crippen molar-refractivity contribution in [3.05, 3.63) is 52.8 Å². The summed E-state index contributed by atoms with van der Waals surface area (Å²) in [7, 11) is 0. The molecule has 1 aromatic heterocycles. The van der Waals surface area contributed by atoms with Crippen LogP contribution in [0.1, 0.15) is 35.4 Å². The minimum Gasteiger partial charge on any atom is -0.356 e. The Balaban J connectivity index is 1.43. The van der Waals surface area contributed by atoms with Crippen molar-refractivity contribution in [1.82, 2.24) is 20.0 Å². The van der Waals surface area contributed by atoms with E-state index in [1.54, 1.807) is 4.90 Å². The number of amides is 2. The maximum Gasteiger partial charge on any atom is 0.225 e. The summed E-state index contributed by atoms with van der Waals surface area (Å²) in [4.78, 5) is 26.4. The zero-order valence-corrected chi connectivity index (χ0v) is 16.4. The predicted octanol–water partition coefficient (Wildman–Crippen LogP) is 2.36. The van der Waals surface area contributed by atoms with Crippen LogP contribution in [-0.4, -0.2) is 39.6 Å². The number of nitrogens with zero attached hydrogens (tertiary/aromatic N) is 3. The van der Waals surface area contributed by atoms with Crippen LogP contribution in [0.4, 0.5) is 0 Å². The monoisotopic (exact) mass is 368 g/mol. The highest BCUT2D eigenvalue weighted by molar-refractivity contribution is 5.89. The summed E-state index contributed by atoms with van der Waals surface area (Å²) in [5, 5.41) is 7.40. The molecule has 1 N–H and O–H groups in total. The summed E-state index contributed by atoms with van der Waals surface area (Å²) >= 11 is 0. The third kappa shape index (κ3) is 4.96. The Morgan fingerprint density at radius 3 is 2.63 bits per heavy atom. The first-order valence-corrected chi connectivity index (χ1v) is 9.54. The van der Waals surface area contributed by atoms with E-state index in [1.807, 2.05) is 55.8 Å². The number of rotatable bonds is 7. The fourth-order valence-corrected chi connectivity index (χ4v) is 3.50. The molecule has 6 nitrogen and oxygen atoms in total. The molecule has 0 spiro atoms. The molecule has 0 radical (unpaired) electrons. The number of carbonyl (C=O) groups excluding carboxylic acids is 2. The quantitative estimate of drug-likeness (QED) is 0.763. The molecule has 6 heteroatoms. The Labute approximate surface area is 160 Å². The summed E-state index contributed by atoms with van der Waals surface area (Å²) in [6.07, 6.45) is 1.12. The van der Waals surface area contributed by atoms with E-state index in [-0.39, 0.29) is 17.7 Å². The van der Waals surface area contributed by atoms with Crippen LogP contribution in [0.3, 0.4) is 0 Å². The number of likely N-dealkylation sites (tertiary alicyclic amines) is 1. The van der Waals surface area contributed by atoms with Crippen molar-refractivity contribution in [3.8, 4) is 0 Å². The van der Waals surface area contributed by atoms with Crippen molar-refractivity contribution in [2.24, 2.45) is 5.92 Å². The van der Waals surface area contributed by atoms with Gasteiger partial charge in [0.15, 0.2) is 0 Å². The SMILES string of the molecule is Cc1ccc(CN2CC(C(=O)NCCCn3nc(C)cc3C)CC2=O)cc1. The topological polar surface area (TPSA) is 67.2 Å². The number of nitrogens with one attached hydrogen (secondary N) is 1. The van der Waals surface area contributed by atoms with E-state index < -0.39 is 0 Å². The summed E-state index contributed by atoms with van der Waals surface area (Å²) in [6.45, 7) is 8.50. The van der Waals surface area contributed by atoms with E-state index in [1.165, 1.54) is 5.56 Å². The van der Waals surface area contributed by atoms with E-state index in [0.29, 0.717) is 26.1 Å². The number of aromatic nitrogens is 2. The highest BCUT2D eigenvalue weighted by Crippen LogP contribution is 2.20. The zero-order chi connectivity index (χ0) is 19.4. The lowest BCUT2D eigenvalue weighted by atomic mass is 10.1. The first kappa shape index (κ1) is 19.1. The second kappa shape index (κ2) is 8.37. The standard InChI is InChI=1S/C21H28N4O2/c1-15-5-7-18(8-6-15)13-24-14-19(12-20(24)26)21(27)22-9-4-10-25-17(3)11-16(2)23-25/h5-8,11,19H,4,9-10,12-14H2,1-3H3,(H,22,27). The van der Waals surface area contributed by atoms with Gasteiger partial charge in [-0.1, -0.05) is 29.8 Å². The normalized spacial score (nSPS) is 16.8. The molecule has 1 aromatic carbocycles. The molecule has 27 heavy (non-hydrogen) atoms. The summed E-state index contributed by atoms with van der Waals surface area (Å²) in [5.41, 5.74) is 4.44. The third-order valence-electron chi connectivity index (χ3n) is 5.03.